The lowest BCUT2D eigenvalue weighted by atomic mass is 9.79. The Morgan fingerprint density at radius 2 is 1.84 bits per heavy atom. The Hall–Kier alpha value is -1.39. The van der Waals surface area contributed by atoms with Crippen LogP contribution in [-0.4, -0.2) is 16.1 Å². The summed E-state index contributed by atoms with van der Waals surface area (Å²) in [4.78, 5) is 13.2. The Balaban J connectivity index is 1.67. The second-order valence-corrected chi connectivity index (χ2v) is 10.2. The smallest absolute Gasteiger partial charge is 0.172 e. The fourth-order valence-electron chi connectivity index (χ4n) is 4.03. The molecule has 0 heterocycles. The summed E-state index contributed by atoms with van der Waals surface area (Å²) in [5.74, 6) is 1.17. The SMILES string of the molecule is COc1ccccc1/C=C/[C@H]1C(Br)(Br)[C@@]12CCc1ccccc1C2=O. The zero-order valence-corrected chi connectivity index (χ0v) is 17.0. The molecule has 1 spiro atoms. The highest BCUT2D eigenvalue weighted by Gasteiger charge is 2.77. The molecule has 0 N–H and O–H groups in total. The van der Waals surface area contributed by atoms with Crippen LogP contribution in [0.2, 0.25) is 0 Å². The molecule has 2 aromatic carbocycles. The van der Waals surface area contributed by atoms with Crippen LogP contribution in [-0.2, 0) is 6.42 Å². The number of methoxy groups -OCH3 is 1. The third-order valence-electron chi connectivity index (χ3n) is 5.50. The van der Waals surface area contributed by atoms with Gasteiger partial charge in [0.05, 0.1) is 12.5 Å². The second-order valence-electron chi connectivity index (χ2n) is 6.66. The summed E-state index contributed by atoms with van der Waals surface area (Å²) >= 11 is 7.57. The number of hydrogen-bond donors (Lipinski definition) is 0. The first-order chi connectivity index (χ1) is 12.0. The van der Waals surface area contributed by atoms with E-state index in [9.17, 15) is 4.79 Å². The molecule has 0 radical (unpaired) electrons. The van der Waals surface area contributed by atoms with E-state index < -0.39 is 5.41 Å². The molecule has 0 unspecified atom stereocenters. The Kier molecular flexibility index (Phi) is 4.16. The van der Waals surface area contributed by atoms with Crippen LogP contribution in [0.1, 0.15) is 27.9 Å². The molecule has 0 saturated heterocycles. The molecule has 4 heteroatoms. The minimum absolute atomic E-state index is 0.103. The summed E-state index contributed by atoms with van der Waals surface area (Å²) in [5, 5.41) is 0. The van der Waals surface area contributed by atoms with Gasteiger partial charge in [-0.2, -0.15) is 0 Å². The summed E-state index contributed by atoms with van der Waals surface area (Å²) in [6.07, 6.45) is 5.97. The Morgan fingerprint density at radius 3 is 2.64 bits per heavy atom. The van der Waals surface area contributed by atoms with Crippen LogP contribution in [0.4, 0.5) is 0 Å². The number of alkyl halides is 2. The predicted molar refractivity (Wildman–Crippen MR) is 108 cm³/mol. The first-order valence-corrected chi connectivity index (χ1v) is 9.92. The fraction of sp³-hybridized carbons (Fsp3) is 0.286. The average molecular weight is 462 g/mol. The quantitative estimate of drug-likeness (QED) is 0.553. The summed E-state index contributed by atoms with van der Waals surface area (Å²) in [5.41, 5.74) is 2.63. The Bertz CT molecular complexity index is 872. The van der Waals surface area contributed by atoms with Crippen LogP contribution < -0.4 is 4.74 Å². The molecule has 2 aliphatic rings. The van der Waals surface area contributed by atoms with Gasteiger partial charge in [-0.15, -0.1) is 0 Å². The number of carbonyl (C=O) groups is 1. The van der Waals surface area contributed by atoms with E-state index in [1.807, 2.05) is 42.5 Å². The number of carbonyl (C=O) groups excluding carboxylic acids is 1. The molecule has 4 rings (SSSR count). The van der Waals surface area contributed by atoms with E-state index in [-0.39, 0.29) is 14.9 Å². The number of hydrogen-bond acceptors (Lipinski definition) is 2. The molecular formula is C21H18Br2O2. The Labute approximate surface area is 164 Å². The highest BCUT2D eigenvalue weighted by atomic mass is 79.9. The van der Waals surface area contributed by atoms with Crippen molar-refractivity contribution in [1.82, 2.24) is 0 Å². The number of Topliss-reactive ketones (excluding diaryl/α,β-unsaturated/α-hetero) is 1. The standard InChI is InChI=1S/C21H18Br2O2/c1-25-17-9-5-3-7-15(17)10-11-18-20(21(18,22)23)13-12-14-6-2-4-8-16(14)19(20)24/h2-11,18H,12-13H2,1H3/b11-10+/t18-,20+/m1/s1. The van der Waals surface area contributed by atoms with Crippen LogP contribution in [0.5, 0.6) is 5.75 Å². The molecule has 1 fully saturated rings. The molecule has 0 aliphatic heterocycles. The molecule has 0 bridgehead atoms. The number of benzene rings is 2. The third-order valence-corrected chi connectivity index (χ3v) is 7.90. The number of ketones is 1. The van der Waals surface area contributed by atoms with Crippen molar-refractivity contribution in [3.8, 4) is 5.75 Å². The van der Waals surface area contributed by atoms with Crippen molar-refractivity contribution in [2.45, 2.75) is 16.1 Å². The van der Waals surface area contributed by atoms with E-state index in [0.29, 0.717) is 0 Å². The van der Waals surface area contributed by atoms with Crippen LogP contribution in [0, 0.1) is 11.3 Å². The lowest BCUT2D eigenvalue weighted by molar-refractivity contribution is 0.0871. The number of allylic oxidation sites excluding steroid dienone is 1. The minimum atomic E-state index is -0.417. The number of fused-ring (bicyclic) bond motifs is 1. The van der Waals surface area contributed by atoms with Gasteiger partial charge in [0.25, 0.3) is 0 Å². The maximum atomic E-state index is 13.2. The van der Waals surface area contributed by atoms with Gasteiger partial charge in [-0.25, -0.2) is 0 Å². The zero-order valence-electron chi connectivity index (χ0n) is 13.8. The van der Waals surface area contributed by atoms with E-state index in [2.05, 4.69) is 50.1 Å². The normalized spacial score (nSPS) is 26.7. The van der Waals surface area contributed by atoms with Gasteiger partial charge in [-0.05, 0) is 24.5 Å². The van der Waals surface area contributed by atoms with Gasteiger partial charge in [0, 0.05) is 17.0 Å². The number of aryl methyl sites for hydroxylation is 1. The molecule has 128 valence electrons. The summed E-state index contributed by atoms with van der Waals surface area (Å²) < 4.78 is 5.03. The van der Waals surface area contributed by atoms with E-state index in [1.165, 1.54) is 0 Å². The van der Waals surface area contributed by atoms with E-state index in [1.54, 1.807) is 7.11 Å². The maximum Gasteiger partial charge on any atom is 0.172 e. The fourth-order valence-corrected chi connectivity index (χ4v) is 6.14. The van der Waals surface area contributed by atoms with Gasteiger partial charge in [0.1, 0.15) is 8.98 Å². The highest BCUT2D eigenvalue weighted by molar-refractivity contribution is 9.25. The lowest BCUT2D eigenvalue weighted by Crippen LogP contribution is -2.28. The molecule has 2 aromatic rings. The monoisotopic (exact) mass is 460 g/mol. The van der Waals surface area contributed by atoms with Gasteiger partial charge in [-0.1, -0.05) is 86.5 Å². The first-order valence-electron chi connectivity index (χ1n) is 8.34. The molecule has 1 saturated carbocycles. The predicted octanol–water partition coefficient (Wildman–Crippen LogP) is 5.64. The van der Waals surface area contributed by atoms with Crippen molar-refractivity contribution < 1.29 is 9.53 Å². The number of rotatable bonds is 3. The van der Waals surface area contributed by atoms with Crippen molar-refractivity contribution >= 4 is 43.7 Å². The maximum absolute atomic E-state index is 13.2. The van der Waals surface area contributed by atoms with E-state index >= 15 is 0 Å². The molecule has 0 aromatic heterocycles. The average Bonchev–Trinajstić information content (AvgIpc) is 3.11. The van der Waals surface area contributed by atoms with Crippen molar-refractivity contribution in [1.29, 1.82) is 0 Å². The van der Waals surface area contributed by atoms with Crippen LogP contribution in [0.3, 0.4) is 0 Å². The van der Waals surface area contributed by atoms with E-state index in [4.69, 9.17) is 4.74 Å². The zero-order chi connectivity index (χ0) is 17.7. The molecular weight excluding hydrogens is 444 g/mol. The number of para-hydroxylation sites is 1. The second kappa shape index (κ2) is 6.10. The summed E-state index contributed by atoms with van der Waals surface area (Å²) in [7, 11) is 1.67. The third kappa shape index (κ3) is 2.45. The van der Waals surface area contributed by atoms with Crippen LogP contribution >= 0.6 is 31.9 Å². The van der Waals surface area contributed by atoms with E-state index in [0.717, 1.165) is 35.3 Å². The van der Waals surface area contributed by atoms with Crippen molar-refractivity contribution in [3.63, 3.8) is 0 Å². The van der Waals surface area contributed by atoms with Crippen LogP contribution in [0.25, 0.3) is 6.08 Å². The topological polar surface area (TPSA) is 26.3 Å². The van der Waals surface area contributed by atoms with Crippen molar-refractivity contribution in [2.75, 3.05) is 7.11 Å². The molecule has 25 heavy (non-hydrogen) atoms. The van der Waals surface area contributed by atoms with Crippen molar-refractivity contribution in [3.05, 3.63) is 71.3 Å². The van der Waals surface area contributed by atoms with Gasteiger partial charge >= 0.3 is 0 Å². The van der Waals surface area contributed by atoms with Crippen LogP contribution in [0.15, 0.2) is 54.6 Å². The largest absolute Gasteiger partial charge is 0.496 e. The molecule has 0 amide bonds. The molecule has 2 nitrogen and oxygen atoms in total. The number of ether oxygens (including phenoxy) is 1. The summed E-state index contributed by atoms with van der Waals surface area (Å²) in [6.45, 7) is 0. The molecule has 2 atom stereocenters. The van der Waals surface area contributed by atoms with Crippen molar-refractivity contribution in [2.24, 2.45) is 11.3 Å². The van der Waals surface area contributed by atoms with Gasteiger partial charge in [-0.3, -0.25) is 4.79 Å². The minimum Gasteiger partial charge on any atom is -0.496 e. The molecule has 2 aliphatic carbocycles. The lowest BCUT2D eigenvalue weighted by Gasteiger charge is -2.25. The first kappa shape index (κ1) is 17.0. The highest BCUT2D eigenvalue weighted by Crippen LogP contribution is 2.75. The van der Waals surface area contributed by atoms with Gasteiger partial charge < -0.3 is 4.74 Å². The van der Waals surface area contributed by atoms with Gasteiger partial charge in [0.2, 0.25) is 0 Å². The summed E-state index contributed by atoms with van der Waals surface area (Å²) in [6, 6.07) is 15.9. The Morgan fingerprint density at radius 1 is 1.12 bits per heavy atom. The van der Waals surface area contributed by atoms with Gasteiger partial charge in [0.15, 0.2) is 5.78 Å². The number of halogens is 2.